The highest BCUT2D eigenvalue weighted by molar-refractivity contribution is 9.11. The highest BCUT2D eigenvalue weighted by Gasteiger charge is 2.15. The van der Waals surface area contributed by atoms with Crippen molar-refractivity contribution in [1.29, 1.82) is 0 Å². The molecule has 0 saturated heterocycles. The van der Waals surface area contributed by atoms with E-state index in [2.05, 4.69) is 41.3 Å². The number of sulfonamides is 1. The van der Waals surface area contributed by atoms with Crippen molar-refractivity contribution in [3.05, 3.63) is 46.0 Å². The van der Waals surface area contributed by atoms with E-state index in [1.807, 2.05) is 19.2 Å². The van der Waals surface area contributed by atoms with Crippen molar-refractivity contribution in [3.63, 3.8) is 0 Å². The Morgan fingerprint density at radius 1 is 1.16 bits per heavy atom. The molecule has 0 bridgehead atoms. The van der Waals surface area contributed by atoms with Crippen molar-refractivity contribution < 1.29 is 8.42 Å². The number of aryl methyl sites for hydroxylation is 1. The third kappa shape index (κ3) is 4.63. The molecule has 2 N–H and O–H groups in total. The van der Waals surface area contributed by atoms with Gasteiger partial charge in [0.25, 0.3) is 0 Å². The van der Waals surface area contributed by atoms with E-state index in [0.29, 0.717) is 18.2 Å². The summed E-state index contributed by atoms with van der Waals surface area (Å²) < 4.78 is 29.4. The fourth-order valence-electron chi connectivity index (χ4n) is 1.97. The van der Waals surface area contributed by atoms with Gasteiger partial charge in [0.15, 0.2) is 5.82 Å². The molecule has 132 valence electrons. The monoisotopic (exact) mass is 442 g/mol. The van der Waals surface area contributed by atoms with Gasteiger partial charge in [-0.05, 0) is 53.2 Å². The van der Waals surface area contributed by atoms with Gasteiger partial charge in [-0.1, -0.05) is 0 Å². The molecule has 25 heavy (non-hydrogen) atoms. The predicted octanol–water partition coefficient (Wildman–Crippen LogP) is 2.19. The molecule has 0 unspecified atom stereocenters. The van der Waals surface area contributed by atoms with E-state index < -0.39 is 10.0 Å². The molecule has 3 aromatic heterocycles. The maximum atomic E-state index is 12.1. The molecule has 8 nitrogen and oxygen atoms in total. The number of hydrogen-bond acceptors (Lipinski definition) is 7. The number of aromatic nitrogens is 4. The Kier molecular flexibility index (Phi) is 5.47. The van der Waals surface area contributed by atoms with Crippen molar-refractivity contribution >= 4 is 43.1 Å². The predicted molar refractivity (Wildman–Crippen MR) is 99.6 cm³/mol. The zero-order valence-electron chi connectivity index (χ0n) is 13.2. The van der Waals surface area contributed by atoms with Gasteiger partial charge in [0, 0.05) is 19.3 Å². The van der Waals surface area contributed by atoms with E-state index in [4.69, 9.17) is 0 Å². The number of nitrogens with one attached hydrogen (secondary N) is 2. The van der Waals surface area contributed by atoms with Gasteiger partial charge >= 0.3 is 0 Å². The second-order valence-corrected chi connectivity index (χ2v) is 9.52. The number of hydrogen-bond donors (Lipinski definition) is 2. The molecule has 0 aliphatic heterocycles. The van der Waals surface area contributed by atoms with Crippen molar-refractivity contribution in [2.75, 3.05) is 18.4 Å². The molecule has 0 amide bonds. The summed E-state index contributed by atoms with van der Waals surface area (Å²) in [6.45, 7) is 2.52. The summed E-state index contributed by atoms with van der Waals surface area (Å²) in [5.74, 6) is 1.17. The van der Waals surface area contributed by atoms with Crippen LogP contribution in [0.4, 0.5) is 5.82 Å². The van der Waals surface area contributed by atoms with Crippen LogP contribution in [0.15, 0.2) is 44.5 Å². The quantitative estimate of drug-likeness (QED) is 0.543. The van der Waals surface area contributed by atoms with Gasteiger partial charge < -0.3 is 5.32 Å². The topological polar surface area (TPSA) is 102 Å². The Morgan fingerprint density at radius 3 is 2.60 bits per heavy atom. The smallest absolute Gasteiger partial charge is 0.250 e. The highest BCUT2D eigenvalue weighted by atomic mass is 79.9. The largest absolute Gasteiger partial charge is 0.367 e. The summed E-state index contributed by atoms with van der Waals surface area (Å²) >= 11 is 4.42. The minimum absolute atomic E-state index is 0.236. The van der Waals surface area contributed by atoms with E-state index in [0.717, 1.165) is 9.48 Å². The second-order valence-electron chi connectivity index (χ2n) is 5.06. The van der Waals surface area contributed by atoms with Crippen molar-refractivity contribution in [2.45, 2.75) is 11.1 Å². The number of anilines is 1. The number of rotatable bonds is 7. The molecule has 0 saturated carbocycles. The molecule has 3 aromatic rings. The van der Waals surface area contributed by atoms with E-state index in [-0.39, 0.29) is 10.8 Å². The Hall–Kier alpha value is -1.82. The molecular weight excluding hydrogens is 428 g/mol. The molecule has 3 rings (SSSR count). The summed E-state index contributed by atoms with van der Waals surface area (Å²) in [4.78, 5) is 0. The minimum Gasteiger partial charge on any atom is -0.367 e. The van der Waals surface area contributed by atoms with Crippen LogP contribution < -0.4 is 10.0 Å². The molecule has 0 spiro atoms. The van der Waals surface area contributed by atoms with Crippen LogP contribution in [0.25, 0.3) is 5.82 Å². The van der Waals surface area contributed by atoms with Crippen molar-refractivity contribution in [2.24, 2.45) is 0 Å². The lowest BCUT2D eigenvalue weighted by Gasteiger charge is -2.07. The van der Waals surface area contributed by atoms with E-state index >= 15 is 0 Å². The second kappa shape index (κ2) is 7.60. The van der Waals surface area contributed by atoms with Gasteiger partial charge in [0.1, 0.15) is 10.0 Å². The third-order valence-corrected chi connectivity index (χ3v) is 6.72. The van der Waals surface area contributed by atoms with E-state index in [9.17, 15) is 8.42 Å². The summed E-state index contributed by atoms with van der Waals surface area (Å²) in [7, 11) is -3.48. The third-order valence-electron chi connectivity index (χ3n) is 3.14. The van der Waals surface area contributed by atoms with Crippen LogP contribution >= 0.6 is 27.3 Å². The van der Waals surface area contributed by atoms with Gasteiger partial charge in [-0.15, -0.1) is 21.5 Å². The Morgan fingerprint density at radius 2 is 2.00 bits per heavy atom. The first-order valence-corrected chi connectivity index (χ1v) is 10.4. The molecule has 0 fully saturated rings. The van der Waals surface area contributed by atoms with Crippen LogP contribution in [0.2, 0.25) is 0 Å². The lowest BCUT2D eigenvalue weighted by atomic mass is 10.5. The molecule has 11 heteroatoms. The van der Waals surface area contributed by atoms with Gasteiger partial charge in [0.2, 0.25) is 10.0 Å². The zero-order chi connectivity index (χ0) is 17.9. The average Bonchev–Trinajstić information content (AvgIpc) is 3.21. The lowest BCUT2D eigenvalue weighted by Crippen LogP contribution is -2.28. The van der Waals surface area contributed by atoms with Gasteiger partial charge in [-0.3, -0.25) is 0 Å². The summed E-state index contributed by atoms with van der Waals surface area (Å²) in [6, 6.07) is 8.70. The maximum Gasteiger partial charge on any atom is 0.250 e. The standard InChI is InChI=1S/C14H15BrN6O2S2/c1-10-6-9-21(20-10)13-4-3-12(18-19-13)16-7-8-17-25(22,23)14-5-2-11(15)24-14/h2-6,9,17H,7-8H2,1H3,(H,16,18). The SMILES string of the molecule is Cc1ccn(-c2ccc(NCCNS(=O)(=O)c3ccc(Br)s3)nn2)n1. The van der Waals surface area contributed by atoms with Crippen LogP contribution in [0.3, 0.4) is 0 Å². The molecule has 0 aromatic carbocycles. The summed E-state index contributed by atoms with van der Waals surface area (Å²) in [5, 5.41) is 15.4. The molecule has 0 atom stereocenters. The van der Waals surface area contributed by atoms with Crippen LogP contribution in [0.5, 0.6) is 0 Å². The highest BCUT2D eigenvalue weighted by Crippen LogP contribution is 2.25. The molecule has 0 aliphatic carbocycles. The Labute approximate surface area is 157 Å². The fourth-order valence-corrected chi connectivity index (χ4v) is 5.06. The first-order valence-electron chi connectivity index (χ1n) is 7.29. The van der Waals surface area contributed by atoms with E-state index in [1.54, 1.807) is 28.9 Å². The fraction of sp³-hybridized carbons (Fsp3) is 0.214. The lowest BCUT2D eigenvalue weighted by molar-refractivity contribution is 0.585. The van der Waals surface area contributed by atoms with Crippen LogP contribution in [-0.4, -0.2) is 41.5 Å². The van der Waals surface area contributed by atoms with Crippen LogP contribution in [0.1, 0.15) is 5.69 Å². The Bertz CT molecular complexity index is 952. The molecule has 0 radical (unpaired) electrons. The van der Waals surface area contributed by atoms with Crippen molar-refractivity contribution in [1.82, 2.24) is 24.7 Å². The van der Waals surface area contributed by atoms with Crippen molar-refractivity contribution in [3.8, 4) is 5.82 Å². The number of nitrogens with zero attached hydrogens (tertiary/aromatic N) is 4. The average molecular weight is 443 g/mol. The molecule has 3 heterocycles. The maximum absolute atomic E-state index is 12.1. The van der Waals surface area contributed by atoms with Gasteiger partial charge in [-0.25, -0.2) is 17.8 Å². The van der Waals surface area contributed by atoms with E-state index in [1.165, 1.54) is 11.3 Å². The number of halogens is 1. The number of thiophene rings is 1. The Balaban J connectivity index is 1.51. The van der Waals surface area contributed by atoms with Crippen LogP contribution in [0, 0.1) is 6.92 Å². The first kappa shape index (κ1) is 18.0. The minimum atomic E-state index is -3.48. The zero-order valence-corrected chi connectivity index (χ0v) is 16.4. The summed E-state index contributed by atoms with van der Waals surface area (Å²) in [5.41, 5.74) is 0.897. The summed E-state index contributed by atoms with van der Waals surface area (Å²) in [6.07, 6.45) is 1.81. The van der Waals surface area contributed by atoms with Crippen LogP contribution in [-0.2, 0) is 10.0 Å². The van der Waals surface area contributed by atoms with Gasteiger partial charge in [0.05, 0.1) is 9.48 Å². The normalized spacial score (nSPS) is 11.6. The molecular formula is C14H15BrN6O2S2. The van der Waals surface area contributed by atoms with Gasteiger partial charge in [-0.2, -0.15) is 5.10 Å². The first-order chi connectivity index (χ1) is 11.9. The molecule has 0 aliphatic rings.